The van der Waals surface area contributed by atoms with E-state index < -0.39 is 78.6 Å². The summed E-state index contributed by atoms with van der Waals surface area (Å²) in [5.41, 5.74) is 7.05. The molecular formula is C42H63N7O8. The van der Waals surface area contributed by atoms with Gasteiger partial charge in [-0.15, -0.1) is 0 Å². The molecule has 0 aromatic heterocycles. The van der Waals surface area contributed by atoms with Gasteiger partial charge >= 0.3 is 0 Å². The van der Waals surface area contributed by atoms with E-state index >= 15 is 0 Å². The van der Waals surface area contributed by atoms with Gasteiger partial charge in [-0.3, -0.25) is 33.6 Å². The van der Waals surface area contributed by atoms with Crippen LogP contribution in [0.15, 0.2) is 54.6 Å². The molecule has 7 amide bonds. The molecule has 4 atom stereocenters. The SMILES string of the molecule is CCCCCCCCCC[C@H](NC(=O)[C@H](CC(C)C)NC(=O)[C@H](Cc1ccccc1)NC(=O)CNC(=O)CNC(=O)[C@H](Cc1ccc(O)cc1)NC(C)=O)C(N)=O. The number of aromatic hydroxyl groups is 1. The minimum Gasteiger partial charge on any atom is -0.508 e. The van der Waals surface area contributed by atoms with Crippen molar-refractivity contribution in [3.8, 4) is 5.75 Å². The Hall–Kier alpha value is -5.47. The summed E-state index contributed by atoms with van der Waals surface area (Å²) in [7, 11) is 0. The zero-order valence-corrected chi connectivity index (χ0v) is 33.9. The van der Waals surface area contributed by atoms with Crippen LogP contribution in [0.5, 0.6) is 5.75 Å². The molecule has 0 aliphatic rings. The van der Waals surface area contributed by atoms with Crippen molar-refractivity contribution in [3.05, 3.63) is 65.7 Å². The Balaban J connectivity index is 2.02. The van der Waals surface area contributed by atoms with Crippen LogP contribution in [-0.2, 0) is 46.4 Å². The lowest BCUT2D eigenvalue weighted by Gasteiger charge is -2.26. The number of carbonyl (C=O) groups excluding carboxylic acids is 7. The third-order valence-electron chi connectivity index (χ3n) is 9.22. The number of benzene rings is 2. The molecule has 0 aliphatic carbocycles. The number of nitrogens with one attached hydrogen (secondary N) is 6. The Morgan fingerprint density at radius 3 is 1.70 bits per heavy atom. The van der Waals surface area contributed by atoms with Gasteiger partial charge < -0.3 is 42.7 Å². The lowest BCUT2D eigenvalue weighted by atomic mass is 10.00. The number of hydrogen-bond donors (Lipinski definition) is 8. The fraction of sp³-hybridized carbons (Fsp3) is 0.548. The molecule has 15 nitrogen and oxygen atoms in total. The van der Waals surface area contributed by atoms with Gasteiger partial charge in [0.25, 0.3) is 0 Å². The average Bonchev–Trinajstić information content (AvgIpc) is 3.16. The lowest BCUT2D eigenvalue weighted by molar-refractivity contribution is -0.133. The van der Waals surface area contributed by atoms with Gasteiger partial charge in [0.15, 0.2) is 0 Å². The Bertz CT molecular complexity index is 1590. The summed E-state index contributed by atoms with van der Waals surface area (Å²) in [6.45, 7) is 6.19. The molecule has 0 fully saturated rings. The molecule has 0 heterocycles. The van der Waals surface area contributed by atoms with E-state index in [-0.39, 0.29) is 30.9 Å². The second-order valence-corrected chi connectivity index (χ2v) is 14.8. The Kier molecular flexibility index (Phi) is 22.1. The molecule has 0 radical (unpaired) electrons. The highest BCUT2D eigenvalue weighted by atomic mass is 16.3. The maximum absolute atomic E-state index is 13.8. The molecule has 0 spiro atoms. The van der Waals surface area contributed by atoms with E-state index in [1.54, 1.807) is 36.4 Å². The zero-order valence-electron chi connectivity index (χ0n) is 33.9. The van der Waals surface area contributed by atoms with Crippen LogP contribution in [0.4, 0.5) is 0 Å². The van der Waals surface area contributed by atoms with E-state index in [1.165, 1.54) is 44.7 Å². The quantitative estimate of drug-likeness (QED) is 0.0624. The van der Waals surface area contributed by atoms with E-state index in [0.717, 1.165) is 31.2 Å². The lowest BCUT2D eigenvalue weighted by Crippen LogP contribution is -2.57. The van der Waals surface area contributed by atoms with Gasteiger partial charge in [-0.2, -0.15) is 0 Å². The van der Waals surface area contributed by atoms with Gasteiger partial charge in [0.2, 0.25) is 41.4 Å². The topological polar surface area (TPSA) is 238 Å². The molecule has 9 N–H and O–H groups in total. The van der Waals surface area contributed by atoms with E-state index in [2.05, 4.69) is 38.8 Å². The first-order valence-electron chi connectivity index (χ1n) is 20.0. The largest absolute Gasteiger partial charge is 0.508 e. The third kappa shape index (κ3) is 20.3. The second-order valence-electron chi connectivity index (χ2n) is 14.8. The van der Waals surface area contributed by atoms with Crippen molar-refractivity contribution in [1.29, 1.82) is 0 Å². The summed E-state index contributed by atoms with van der Waals surface area (Å²) in [4.78, 5) is 89.9. The third-order valence-corrected chi connectivity index (χ3v) is 9.22. The van der Waals surface area contributed by atoms with Crippen LogP contribution in [-0.4, -0.2) is 83.7 Å². The van der Waals surface area contributed by atoms with Crippen LogP contribution >= 0.6 is 0 Å². The number of nitrogens with two attached hydrogens (primary N) is 1. The van der Waals surface area contributed by atoms with Gasteiger partial charge in [0.05, 0.1) is 13.1 Å². The number of phenols is 1. The molecule has 15 heteroatoms. The van der Waals surface area contributed by atoms with E-state index in [4.69, 9.17) is 5.73 Å². The fourth-order valence-electron chi connectivity index (χ4n) is 6.17. The van der Waals surface area contributed by atoms with E-state index in [1.807, 2.05) is 19.9 Å². The van der Waals surface area contributed by atoms with Crippen LogP contribution in [0, 0.1) is 5.92 Å². The summed E-state index contributed by atoms with van der Waals surface area (Å²) in [6, 6.07) is 11.0. The van der Waals surface area contributed by atoms with Crippen molar-refractivity contribution in [1.82, 2.24) is 31.9 Å². The predicted molar refractivity (Wildman–Crippen MR) is 217 cm³/mol. The van der Waals surface area contributed by atoms with Crippen molar-refractivity contribution < 1.29 is 38.7 Å². The number of unbranched alkanes of at least 4 members (excludes halogenated alkanes) is 7. The molecule has 2 rings (SSSR count). The molecule has 0 unspecified atom stereocenters. The van der Waals surface area contributed by atoms with Crippen LogP contribution in [0.1, 0.15) is 103 Å². The van der Waals surface area contributed by atoms with Crippen molar-refractivity contribution in [2.24, 2.45) is 11.7 Å². The van der Waals surface area contributed by atoms with Gasteiger partial charge in [-0.25, -0.2) is 0 Å². The number of amides is 7. The summed E-state index contributed by atoms with van der Waals surface area (Å²) in [6.07, 6.45) is 9.39. The van der Waals surface area contributed by atoms with Gasteiger partial charge in [-0.1, -0.05) is 115 Å². The van der Waals surface area contributed by atoms with E-state index in [9.17, 15) is 38.7 Å². The molecule has 2 aromatic rings. The Morgan fingerprint density at radius 2 is 1.12 bits per heavy atom. The van der Waals surface area contributed by atoms with Crippen molar-refractivity contribution >= 4 is 41.4 Å². The van der Waals surface area contributed by atoms with Gasteiger partial charge in [-0.05, 0) is 42.0 Å². The first-order chi connectivity index (χ1) is 27.2. The van der Waals surface area contributed by atoms with Crippen molar-refractivity contribution in [2.45, 2.75) is 129 Å². The summed E-state index contributed by atoms with van der Waals surface area (Å²) in [5.74, 6) is -4.29. The molecule has 0 saturated heterocycles. The highest BCUT2D eigenvalue weighted by Gasteiger charge is 2.30. The maximum Gasteiger partial charge on any atom is 0.243 e. The smallest absolute Gasteiger partial charge is 0.243 e. The Labute approximate surface area is 336 Å². The minimum absolute atomic E-state index is 0.0139. The van der Waals surface area contributed by atoms with Crippen LogP contribution in [0.25, 0.3) is 0 Å². The summed E-state index contributed by atoms with van der Waals surface area (Å²) < 4.78 is 0. The zero-order chi connectivity index (χ0) is 42.2. The van der Waals surface area contributed by atoms with Gasteiger partial charge in [0, 0.05) is 19.8 Å². The summed E-state index contributed by atoms with van der Waals surface area (Å²) >= 11 is 0. The number of phenolic OH excluding ortho intramolecular Hbond substituents is 1. The summed E-state index contributed by atoms with van der Waals surface area (Å²) in [5, 5.41) is 25.1. The standard InChI is InChI=1S/C42H63N7O8/c1-5-6-7-8-9-10-11-15-18-33(39(43)54)48-41(56)34(23-28(2)3)49-42(57)36(24-30-16-13-12-14-17-30)47-38(53)27-44-37(52)26-45-40(55)35(46-29(4)50)25-31-19-21-32(51)22-20-31/h12-14,16-17,19-22,28,33-36,51H,5-11,15,18,23-27H2,1-4H3,(H2,43,54)(H,44,52)(H,45,55)(H,46,50)(H,47,53)(H,48,56)(H,49,57)/t33-,34-,35-,36-/m0/s1. The molecule has 0 bridgehead atoms. The van der Waals surface area contributed by atoms with Gasteiger partial charge in [0.1, 0.15) is 29.9 Å². The molecule has 0 saturated carbocycles. The molecule has 2 aromatic carbocycles. The molecule has 0 aliphatic heterocycles. The van der Waals surface area contributed by atoms with E-state index in [0.29, 0.717) is 12.0 Å². The number of hydrogen-bond acceptors (Lipinski definition) is 8. The normalized spacial score (nSPS) is 13.0. The number of rotatable bonds is 27. The highest BCUT2D eigenvalue weighted by molar-refractivity contribution is 5.95. The Morgan fingerprint density at radius 1 is 0.596 bits per heavy atom. The maximum atomic E-state index is 13.8. The first-order valence-corrected chi connectivity index (χ1v) is 20.0. The van der Waals surface area contributed by atoms with Crippen LogP contribution in [0.2, 0.25) is 0 Å². The first kappa shape index (κ1) is 47.7. The number of primary amides is 1. The van der Waals surface area contributed by atoms with Crippen molar-refractivity contribution in [2.75, 3.05) is 13.1 Å². The predicted octanol–water partition coefficient (Wildman–Crippen LogP) is 2.43. The number of carbonyl (C=O) groups is 7. The monoisotopic (exact) mass is 793 g/mol. The minimum atomic E-state index is -1.14. The highest BCUT2D eigenvalue weighted by Crippen LogP contribution is 2.14. The fourth-order valence-corrected chi connectivity index (χ4v) is 6.17. The van der Waals surface area contributed by atoms with Crippen LogP contribution in [0.3, 0.4) is 0 Å². The van der Waals surface area contributed by atoms with Crippen molar-refractivity contribution in [3.63, 3.8) is 0 Å². The average molecular weight is 794 g/mol. The molecule has 57 heavy (non-hydrogen) atoms. The van der Waals surface area contributed by atoms with Crippen LogP contribution < -0.4 is 37.6 Å². The molecule has 314 valence electrons. The molecular weight excluding hydrogens is 731 g/mol. The second kappa shape index (κ2) is 26.4.